The van der Waals surface area contributed by atoms with E-state index in [9.17, 15) is 0 Å². The molecule has 2 heteroatoms. The van der Waals surface area contributed by atoms with Crippen molar-refractivity contribution in [3.63, 3.8) is 0 Å². The van der Waals surface area contributed by atoms with Gasteiger partial charge in [-0.15, -0.1) is 0 Å². The van der Waals surface area contributed by atoms with Crippen LogP contribution in [0.1, 0.15) is 13.8 Å². The van der Waals surface area contributed by atoms with Crippen molar-refractivity contribution in [2.24, 2.45) is 0 Å². The zero-order chi connectivity index (χ0) is 14.0. The topological polar surface area (TPSA) is 3.24 Å². The molecule has 19 heavy (non-hydrogen) atoms. The van der Waals surface area contributed by atoms with Gasteiger partial charge in [0.15, 0.2) is 0 Å². The van der Waals surface area contributed by atoms with Crippen molar-refractivity contribution in [1.29, 1.82) is 0 Å². The summed E-state index contributed by atoms with van der Waals surface area (Å²) in [5.41, 5.74) is 2.37. The van der Waals surface area contributed by atoms with Crippen molar-refractivity contribution < 1.29 is 0 Å². The first-order chi connectivity index (χ1) is 9.10. The molecule has 2 rings (SSSR count). The van der Waals surface area contributed by atoms with Crippen molar-refractivity contribution in [2.45, 2.75) is 13.8 Å². The van der Waals surface area contributed by atoms with E-state index in [1.165, 1.54) is 20.7 Å². The fourth-order valence-electron chi connectivity index (χ4n) is 2.33. The fourth-order valence-corrected chi connectivity index (χ4v) is 3.44. The summed E-state index contributed by atoms with van der Waals surface area (Å²) in [6.45, 7) is 12.3. The first-order valence-electron chi connectivity index (χ1n) is 6.30. The van der Waals surface area contributed by atoms with Gasteiger partial charge in [-0.05, 0) is 25.1 Å². The van der Waals surface area contributed by atoms with E-state index in [0.717, 1.165) is 10.9 Å². The number of thioether (sulfide) groups is 1. The van der Waals surface area contributed by atoms with Gasteiger partial charge in [-0.3, -0.25) is 0 Å². The minimum atomic E-state index is 1.05. The third-order valence-electron chi connectivity index (χ3n) is 3.28. The van der Waals surface area contributed by atoms with Crippen molar-refractivity contribution in [3.8, 4) is 0 Å². The Morgan fingerprint density at radius 3 is 2.53 bits per heavy atom. The average molecular weight is 269 g/mol. The lowest BCUT2D eigenvalue weighted by atomic mass is 10.1. The van der Waals surface area contributed by atoms with Crippen LogP contribution in [0.5, 0.6) is 0 Å². The summed E-state index contributed by atoms with van der Waals surface area (Å²) >= 11 is 1.80. The molecule has 0 saturated carbocycles. The number of benzene rings is 1. The monoisotopic (exact) mass is 269 g/mol. The molecule has 0 fully saturated rings. The van der Waals surface area contributed by atoms with Crippen molar-refractivity contribution >= 4 is 24.0 Å². The van der Waals surface area contributed by atoms with Crippen LogP contribution < -0.4 is 10.4 Å². The smallest absolute Gasteiger partial charge is 0.0626 e. The van der Waals surface area contributed by atoms with Gasteiger partial charge in [0.25, 0.3) is 0 Å². The largest absolute Gasteiger partial charge is 0.343 e. The SMILES string of the molecule is C=CC1=C(C)SC(=CC)/C(=c2/ccccc2=C)N1C. The fraction of sp³-hybridized carbons (Fsp3) is 0.176. The van der Waals surface area contributed by atoms with Gasteiger partial charge in [-0.25, -0.2) is 0 Å². The second-order valence-electron chi connectivity index (χ2n) is 4.47. The van der Waals surface area contributed by atoms with Gasteiger partial charge in [0, 0.05) is 27.8 Å². The highest BCUT2D eigenvalue weighted by molar-refractivity contribution is 8.07. The normalized spacial score (nSPS) is 21.0. The number of likely N-dealkylation sites (N-methyl/N-ethyl adjacent to an activating group) is 1. The quantitative estimate of drug-likeness (QED) is 0.770. The Balaban J connectivity index is 2.83. The lowest BCUT2D eigenvalue weighted by molar-refractivity contribution is 0.608. The van der Waals surface area contributed by atoms with E-state index < -0.39 is 0 Å². The zero-order valence-electron chi connectivity index (χ0n) is 11.7. The van der Waals surface area contributed by atoms with E-state index in [2.05, 4.69) is 57.2 Å². The van der Waals surface area contributed by atoms with Gasteiger partial charge in [0.2, 0.25) is 0 Å². The van der Waals surface area contributed by atoms with Crippen LogP contribution in [0.25, 0.3) is 12.3 Å². The maximum Gasteiger partial charge on any atom is 0.0626 e. The second kappa shape index (κ2) is 5.54. The summed E-state index contributed by atoms with van der Waals surface area (Å²) < 4.78 is 0. The van der Waals surface area contributed by atoms with Gasteiger partial charge in [-0.1, -0.05) is 55.3 Å². The first-order valence-corrected chi connectivity index (χ1v) is 7.11. The Labute approximate surface area is 119 Å². The Morgan fingerprint density at radius 1 is 1.26 bits per heavy atom. The predicted octanol–water partition coefficient (Wildman–Crippen LogP) is 3.21. The van der Waals surface area contributed by atoms with Crippen LogP contribution in [0.2, 0.25) is 0 Å². The third-order valence-corrected chi connectivity index (χ3v) is 4.45. The maximum absolute atomic E-state index is 4.14. The molecular formula is C17H19NS. The lowest BCUT2D eigenvalue weighted by Gasteiger charge is -2.32. The molecule has 0 aliphatic carbocycles. The van der Waals surface area contributed by atoms with Crippen LogP contribution in [0.15, 0.2) is 58.5 Å². The Bertz CT molecular complexity index is 679. The number of hydrogen-bond acceptors (Lipinski definition) is 2. The highest BCUT2D eigenvalue weighted by atomic mass is 32.2. The van der Waals surface area contributed by atoms with Crippen LogP contribution in [0, 0.1) is 0 Å². The third kappa shape index (κ3) is 2.41. The lowest BCUT2D eigenvalue weighted by Crippen LogP contribution is -2.33. The standard InChI is InChI=1S/C17H19NS/c1-6-15-13(4)19-16(7-2)17(18(15)5)14-11-9-8-10-12(14)3/h6-11H,1,3H2,2,4-5H3/b16-7?,17-14+. The van der Waals surface area contributed by atoms with Crippen LogP contribution >= 0.6 is 11.8 Å². The molecule has 0 bridgehead atoms. The molecule has 0 N–H and O–H groups in total. The summed E-state index contributed by atoms with van der Waals surface area (Å²) in [6.07, 6.45) is 4.08. The predicted molar refractivity (Wildman–Crippen MR) is 86.6 cm³/mol. The molecule has 0 saturated heterocycles. The zero-order valence-corrected chi connectivity index (χ0v) is 12.6. The molecule has 1 aromatic carbocycles. The molecule has 1 aliphatic rings. The van der Waals surface area contributed by atoms with E-state index in [0.29, 0.717) is 0 Å². The minimum absolute atomic E-state index is 1.05. The van der Waals surface area contributed by atoms with Crippen LogP contribution in [-0.2, 0) is 0 Å². The van der Waals surface area contributed by atoms with E-state index >= 15 is 0 Å². The molecular weight excluding hydrogens is 250 g/mol. The molecule has 1 aromatic rings. The van der Waals surface area contributed by atoms with E-state index in [4.69, 9.17) is 0 Å². The van der Waals surface area contributed by atoms with Crippen LogP contribution in [0.3, 0.4) is 0 Å². The van der Waals surface area contributed by atoms with Gasteiger partial charge in [0.1, 0.15) is 0 Å². The molecule has 0 radical (unpaired) electrons. The summed E-state index contributed by atoms with van der Waals surface area (Å²) in [5.74, 6) is 0. The highest BCUT2D eigenvalue weighted by Gasteiger charge is 2.22. The van der Waals surface area contributed by atoms with Crippen molar-refractivity contribution in [2.75, 3.05) is 7.05 Å². The highest BCUT2D eigenvalue weighted by Crippen LogP contribution is 2.41. The Hall–Kier alpha value is -1.67. The molecule has 1 aliphatic heterocycles. The van der Waals surface area contributed by atoms with Gasteiger partial charge < -0.3 is 4.90 Å². The molecule has 0 aromatic heterocycles. The summed E-state index contributed by atoms with van der Waals surface area (Å²) in [7, 11) is 2.09. The first kappa shape index (κ1) is 13.8. The van der Waals surface area contributed by atoms with Gasteiger partial charge in [0.05, 0.1) is 5.70 Å². The molecule has 0 spiro atoms. The van der Waals surface area contributed by atoms with Gasteiger partial charge >= 0.3 is 0 Å². The van der Waals surface area contributed by atoms with Crippen LogP contribution in [0.4, 0.5) is 0 Å². The Kier molecular flexibility index (Phi) is 4.01. The maximum atomic E-state index is 4.14. The second-order valence-corrected chi connectivity index (χ2v) is 5.72. The van der Waals surface area contributed by atoms with E-state index in [1.807, 2.05) is 18.2 Å². The molecule has 0 amide bonds. The number of allylic oxidation sites excluding steroid dienone is 3. The molecule has 1 heterocycles. The molecule has 0 atom stereocenters. The van der Waals surface area contributed by atoms with Crippen molar-refractivity contribution in [1.82, 2.24) is 4.90 Å². The summed E-state index contributed by atoms with van der Waals surface area (Å²) in [4.78, 5) is 4.75. The summed E-state index contributed by atoms with van der Waals surface area (Å²) in [6, 6.07) is 8.25. The van der Waals surface area contributed by atoms with E-state index in [-0.39, 0.29) is 0 Å². The number of rotatable bonds is 1. The average Bonchev–Trinajstić information content (AvgIpc) is 2.40. The van der Waals surface area contributed by atoms with Crippen LogP contribution in [-0.4, -0.2) is 11.9 Å². The number of nitrogens with zero attached hydrogens (tertiary/aromatic N) is 1. The van der Waals surface area contributed by atoms with Crippen molar-refractivity contribution in [3.05, 3.63) is 68.9 Å². The Morgan fingerprint density at radius 2 is 1.95 bits per heavy atom. The molecule has 0 unspecified atom stereocenters. The minimum Gasteiger partial charge on any atom is -0.343 e. The van der Waals surface area contributed by atoms with E-state index in [1.54, 1.807) is 11.8 Å². The number of hydrogen-bond donors (Lipinski definition) is 0. The van der Waals surface area contributed by atoms with Gasteiger partial charge in [-0.2, -0.15) is 0 Å². The summed E-state index contributed by atoms with van der Waals surface area (Å²) in [5, 5.41) is 2.23. The molecule has 1 nitrogen and oxygen atoms in total. The molecule has 98 valence electrons.